The highest BCUT2D eigenvalue weighted by Gasteiger charge is 2.30. The first-order valence-electron chi connectivity index (χ1n) is 5.68. The van der Waals surface area contributed by atoms with E-state index in [1.165, 1.54) is 17.8 Å². The van der Waals surface area contributed by atoms with Crippen LogP contribution in [0.1, 0.15) is 11.1 Å². The van der Waals surface area contributed by atoms with E-state index in [1.54, 1.807) is 0 Å². The molecule has 6 heteroatoms. The minimum absolute atomic E-state index is 0.123. The molecule has 0 aliphatic rings. The van der Waals surface area contributed by atoms with Gasteiger partial charge in [0.05, 0.1) is 5.56 Å². The number of alkyl halides is 3. The van der Waals surface area contributed by atoms with Crippen molar-refractivity contribution in [2.45, 2.75) is 22.9 Å². The van der Waals surface area contributed by atoms with Gasteiger partial charge in [-0.2, -0.15) is 13.2 Å². The molecule has 20 heavy (non-hydrogen) atoms. The van der Waals surface area contributed by atoms with E-state index in [1.807, 2.05) is 25.1 Å². The summed E-state index contributed by atoms with van der Waals surface area (Å²) >= 11 is 4.76. The number of nitrogen functional groups attached to an aromatic ring is 1. The van der Waals surface area contributed by atoms with Crippen LogP contribution >= 0.6 is 27.7 Å². The molecule has 0 spiro atoms. The van der Waals surface area contributed by atoms with Gasteiger partial charge in [0.15, 0.2) is 0 Å². The van der Waals surface area contributed by atoms with E-state index in [0.29, 0.717) is 4.90 Å². The third kappa shape index (κ3) is 3.49. The average molecular weight is 362 g/mol. The van der Waals surface area contributed by atoms with Crippen LogP contribution in [0.4, 0.5) is 18.9 Å². The van der Waals surface area contributed by atoms with Crippen LogP contribution in [-0.4, -0.2) is 0 Å². The van der Waals surface area contributed by atoms with Gasteiger partial charge in [-0.3, -0.25) is 0 Å². The largest absolute Gasteiger partial charge is 0.416 e. The zero-order chi connectivity index (χ0) is 14.9. The molecule has 0 amide bonds. The van der Waals surface area contributed by atoms with Gasteiger partial charge in [-0.25, -0.2) is 0 Å². The summed E-state index contributed by atoms with van der Waals surface area (Å²) in [5.41, 5.74) is 6.20. The molecule has 106 valence electrons. The lowest BCUT2D eigenvalue weighted by molar-refractivity contribution is -0.137. The number of nitrogens with two attached hydrogens (primary N) is 1. The molecule has 0 aliphatic heterocycles. The molecule has 0 bridgehead atoms. The Kier molecular flexibility index (Phi) is 4.34. The van der Waals surface area contributed by atoms with Crippen molar-refractivity contribution >= 4 is 33.4 Å². The van der Waals surface area contributed by atoms with E-state index in [-0.39, 0.29) is 5.69 Å². The van der Waals surface area contributed by atoms with Gasteiger partial charge in [0.1, 0.15) is 0 Å². The number of hydrogen-bond acceptors (Lipinski definition) is 2. The third-order valence-corrected chi connectivity index (χ3v) is 4.73. The van der Waals surface area contributed by atoms with E-state index in [2.05, 4.69) is 15.9 Å². The molecule has 0 unspecified atom stereocenters. The Morgan fingerprint density at radius 1 is 1.05 bits per heavy atom. The Labute approximate surface area is 127 Å². The van der Waals surface area contributed by atoms with Gasteiger partial charge >= 0.3 is 6.18 Å². The van der Waals surface area contributed by atoms with Gasteiger partial charge in [-0.1, -0.05) is 17.8 Å². The van der Waals surface area contributed by atoms with Crippen LogP contribution in [0, 0.1) is 6.92 Å². The number of hydrogen-bond donors (Lipinski definition) is 1. The number of halogens is 4. The lowest BCUT2D eigenvalue weighted by Crippen LogP contribution is -2.05. The van der Waals surface area contributed by atoms with E-state index in [0.717, 1.165) is 27.1 Å². The highest BCUT2D eigenvalue weighted by Crippen LogP contribution is 2.39. The van der Waals surface area contributed by atoms with Crippen molar-refractivity contribution < 1.29 is 13.2 Å². The summed E-state index contributed by atoms with van der Waals surface area (Å²) in [4.78, 5) is 1.50. The molecule has 0 fully saturated rings. The maximum atomic E-state index is 12.6. The van der Waals surface area contributed by atoms with Crippen molar-refractivity contribution in [3.05, 3.63) is 52.0 Å². The summed E-state index contributed by atoms with van der Waals surface area (Å²) in [5.74, 6) is 0. The number of benzene rings is 2. The molecule has 0 aliphatic carbocycles. The predicted molar refractivity (Wildman–Crippen MR) is 78.9 cm³/mol. The lowest BCUT2D eigenvalue weighted by atomic mass is 10.2. The molecule has 0 aromatic heterocycles. The van der Waals surface area contributed by atoms with Gasteiger partial charge < -0.3 is 5.73 Å². The summed E-state index contributed by atoms with van der Waals surface area (Å²) < 4.78 is 38.6. The lowest BCUT2D eigenvalue weighted by Gasteiger charge is -2.11. The second-order valence-corrected chi connectivity index (χ2v) is 6.22. The van der Waals surface area contributed by atoms with Gasteiger partial charge in [0.2, 0.25) is 0 Å². The predicted octanol–water partition coefficient (Wildman–Crippen LogP) is 5.51. The zero-order valence-electron chi connectivity index (χ0n) is 10.5. The van der Waals surface area contributed by atoms with Crippen molar-refractivity contribution in [3.63, 3.8) is 0 Å². The topological polar surface area (TPSA) is 26.0 Å². The molecule has 0 saturated heterocycles. The van der Waals surface area contributed by atoms with E-state index < -0.39 is 11.7 Å². The molecular weight excluding hydrogens is 351 g/mol. The first kappa shape index (κ1) is 15.3. The van der Waals surface area contributed by atoms with Crippen LogP contribution in [0.3, 0.4) is 0 Å². The Bertz CT molecular complexity index is 641. The normalized spacial score (nSPS) is 11.7. The van der Waals surface area contributed by atoms with Crippen LogP contribution < -0.4 is 5.73 Å². The quantitative estimate of drug-likeness (QED) is 0.713. The molecule has 2 aromatic carbocycles. The highest BCUT2D eigenvalue weighted by molar-refractivity contribution is 9.10. The van der Waals surface area contributed by atoms with Crippen LogP contribution in [-0.2, 0) is 6.18 Å². The maximum absolute atomic E-state index is 12.6. The van der Waals surface area contributed by atoms with Crippen LogP contribution in [0.2, 0.25) is 0 Å². The van der Waals surface area contributed by atoms with Gasteiger partial charge in [0.25, 0.3) is 0 Å². The second-order valence-electron chi connectivity index (χ2n) is 4.29. The fourth-order valence-corrected chi connectivity index (χ4v) is 3.20. The molecule has 0 saturated carbocycles. The fraction of sp³-hybridized carbons (Fsp3) is 0.143. The molecule has 0 atom stereocenters. The molecule has 2 aromatic rings. The minimum Gasteiger partial charge on any atom is -0.398 e. The number of rotatable bonds is 2. The number of aryl methyl sites for hydroxylation is 1. The summed E-state index contributed by atoms with van der Waals surface area (Å²) in [6.45, 7) is 1.96. The average Bonchev–Trinajstić information content (AvgIpc) is 2.33. The first-order valence-corrected chi connectivity index (χ1v) is 7.29. The van der Waals surface area contributed by atoms with Crippen LogP contribution in [0.5, 0.6) is 0 Å². The van der Waals surface area contributed by atoms with Crippen molar-refractivity contribution in [3.8, 4) is 0 Å². The van der Waals surface area contributed by atoms with Crippen LogP contribution in [0.15, 0.2) is 50.7 Å². The smallest absolute Gasteiger partial charge is 0.398 e. The summed E-state index contributed by atoms with van der Waals surface area (Å²) in [7, 11) is 0. The third-order valence-electron chi connectivity index (χ3n) is 2.64. The Hall–Kier alpha value is -1.14. The summed E-state index contributed by atoms with van der Waals surface area (Å²) in [6, 6.07) is 9.19. The SMILES string of the molecule is Cc1ccc(Sc2ccc(C(F)(F)F)cc2N)c(Br)c1. The molecule has 1 nitrogen and oxygen atoms in total. The maximum Gasteiger partial charge on any atom is 0.416 e. The van der Waals surface area contributed by atoms with Crippen LogP contribution in [0.25, 0.3) is 0 Å². The van der Waals surface area contributed by atoms with Crippen molar-refractivity contribution in [2.75, 3.05) is 5.73 Å². The monoisotopic (exact) mass is 361 g/mol. The Morgan fingerprint density at radius 3 is 2.25 bits per heavy atom. The van der Waals surface area contributed by atoms with E-state index in [4.69, 9.17) is 5.73 Å². The number of anilines is 1. The Morgan fingerprint density at radius 2 is 1.70 bits per heavy atom. The second kappa shape index (κ2) is 5.69. The van der Waals surface area contributed by atoms with Crippen molar-refractivity contribution in [1.82, 2.24) is 0 Å². The van der Waals surface area contributed by atoms with Crippen molar-refractivity contribution in [2.24, 2.45) is 0 Å². The molecule has 0 heterocycles. The van der Waals surface area contributed by atoms with Gasteiger partial charge in [-0.15, -0.1) is 0 Å². The molecule has 0 radical (unpaired) electrons. The van der Waals surface area contributed by atoms with Crippen molar-refractivity contribution in [1.29, 1.82) is 0 Å². The molecule has 2 N–H and O–H groups in total. The standard InChI is InChI=1S/C14H11BrF3NS/c1-8-2-4-12(10(15)6-8)20-13-5-3-9(7-11(13)19)14(16,17)18/h2-7H,19H2,1H3. The summed E-state index contributed by atoms with van der Waals surface area (Å²) in [6.07, 6.45) is -4.37. The highest BCUT2D eigenvalue weighted by atomic mass is 79.9. The fourth-order valence-electron chi connectivity index (χ4n) is 1.62. The Balaban J connectivity index is 2.30. The molecular formula is C14H11BrF3NS. The van der Waals surface area contributed by atoms with Gasteiger partial charge in [-0.05, 0) is 58.7 Å². The van der Waals surface area contributed by atoms with E-state index >= 15 is 0 Å². The zero-order valence-corrected chi connectivity index (χ0v) is 12.9. The van der Waals surface area contributed by atoms with E-state index in [9.17, 15) is 13.2 Å². The first-order chi connectivity index (χ1) is 9.27. The summed E-state index contributed by atoms with van der Waals surface area (Å²) in [5, 5.41) is 0. The minimum atomic E-state index is -4.37. The molecule has 2 rings (SSSR count). The van der Waals surface area contributed by atoms with Gasteiger partial charge in [0, 0.05) is 20.0 Å².